The lowest BCUT2D eigenvalue weighted by atomic mass is 10.1. The van der Waals surface area contributed by atoms with Gasteiger partial charge in [0.15, 0.2) is 0 Å². The van der Waals surface area contributed by atoms with Gasteiger partial charge in [0.25, 0.3) is 0 Å². The maximum absolute atomic E-state index is 11.7. The molecule has 62 valence electrons. The largest absolute Gasteiger partial charge is 0.396 e. The van der Waals surface area contributed by atoms with E-state index >= 15 is 0 Å². The zero-order chi connectivity index (χ0) is 8.20. The minimum atomic E-state index is -4.31. The molecule has 0 saturated heterocycles. The highest BCUT2D eigenvalue weighted by Crippen LogP contribution is 2.27. The molecule has 0 amide bonds. The van der Waals surface area contributed by atoms with Crippen molar-refractivity contribution in [2.45, 2.75) is 12.6 Å². The molecule has 0 aromatic rings. The monoisotopic (exact) mass is 157 g/mol. The highest BCUT2D eigenvalue weighted by atomic mass is 19.4. The zero-order valence-electron chi connectivity index (χ0n) is 5.36. The summed E-state index contributed by atoms with van der Waals surface area (Å²) in [6.45, 7) is -0.925. The molecule has 0 aliphatic carbocycles. The quantitative estimate of drug-likeness (QED) is 0.626. The van der Waals surface area contributed by atoms with Gasteiger partial charge in [-0.05, 0) is 13.0 Å². The molecule has 0 fully saturated rings. The van der Waals surface area contributed by atoms with Crippen molar-refractivity contribution in [1.29, 1.82) is 0 Å². The summed E-state index contributed by atoms with van der Waals surface area (Å²) in [4.78, 5) is 0. The Morgan fingerprint density at radius 1 is 1.40 bits per heavy atom. The maximum atomic E-state index is 11.7. The molecule has 1 unspecified atom stereocenters. The van der Waals surface area contributed by atoms with Gasteiger partial charge in [0.2, 0.25) is 0 Å². The lowest BCUT2D eigenvalue weighted by molar-refractivity contribution is -0.184. The van der Waals surface area contributed by atoms with Crippen molar-refractivity contribution in [3.05, 3.63) is 0 Å². The van der Waals surface area contributed by atoms with Crippen LogP contribution in [0.2, 0.25) is 0 Å². The van der Waals surface area contributed by atoms with Crippen LogP contribution in [0.15, 0.2) is 0 Å². The van der Waals surface area contributed by atoms with E-state index in [-0.39, 0.29) is 13.0 Å². The molecule has 0 saturated carbocycles. The van der Waals surface area contributed by atoms with E-state index in [2.05, 4.69) is 0 Å². The van der Waals surface area contributed by atoms with Gasteiger partial charge in [-0.3, -0.25) is 0 Å². The first-order chi connectivity index (χ1) is 4.52. The molecule has 1 atom stereocenters. The molecule has 0 bridgehead atoms. The van der Waals surface area contributed by atoms with Gasteiger partial charge >= 0.3 is 6.18 Å². The van der Waals surface area contributed by atoms with Crippen molar-refractivity contribution in [3.8, 4) is 0 Å². The van der Waals surface area contributed by atoms with Crippen LogP contribution in [0.3, 0.4) is 0 Å². The Morgan fingerprint density at radius 2 is 1.90 bits per heavy atom. The van der Waals surface area contributed by atoms with Gasteiger partial charge in [-0.2, -0.15) is 13.2 Å². The standard InChI is InChI=1S/C5H10F3NO/c6-5(7,8)4(3-10)1-2-9/h4,10H,1-3,9H2. The van der Waals surface area contributed by atoms with Crippen molar-refractivity contribution < 1.29 is 18.3 Å². The van der Waals surface area contributed by atoms with Crippen molar-refractivity contribution in [1.82, 2.24) is 0 Å². The van der Waals surface area contributed by atoms with Gasteiger partial charge in [-0.25, -0.2) is 0 Å². The third-order valence-electron chi connectivity index (χ3n) is 1.20. The molecule has 0 rings (SSSR count). The smallest absolute Gasteiger partial charge is 0.394 e. The van der Waals surface area contributed by atoms with E-state index in [1.165, 1.54) is 0 Å². The van der Waals surface area contributed by atoms with E-state index in [0.717, 1.165) is 0 Å². The summed E-state index contributed by atoms with van der Waals surface area (Å²) < 4.78 is 35.1. The Morgan fingerprint density at radius 3 is 2.00 bits per heavy atom. The topological polar surface area (TPSA) is 46.2 Å². The van der Waals surface area contributed by atoms with E-state index < -0.39 is 18.7 Å². The van der Waals surface area contributed by atoms with Crippen molar-refractivity contribution in [2.24, 2.45) is 11.7 Å². The van der Waals surface area contributed by atoms with Crippen LogP contribution < -0.4 is 5.73 Å². The van der Waals surface area contributed by atoms with Crippen LogP contribution in [0.5, 0.6) is 0 Å². The average molecular weight is 157 g/mol. The first-order valence-electron chi connectivity index (χ1n) is 2.90. The Kier molecular flexibility index (Phi) is 3.67. The van der Waals surface area contributed by atoms with Crippen molar-refractivity contribution >= 4 is 0 Å². The summed E-state index contributed by atoms with van der Waals surface area (Å²) in [5, 5.41) is 8.22. The van der Waals surface area contributed by atoms with Crippen LogP contribution in [0.25, 0.3) is 0 Å². The molecule has 0 aliphatic rings. The highest BCUT2D eigenvalue weighted by Gasteiger charge is 2.38. The molecule has 0 radical (unpaired) electrons. The summed E-state index contributed by atoms with van der Waals surface area (Å²) in [7, 11) is 0. The molecular formula is C5H10F3NO. The van der Waals surface area contributed by atoms with Gasteiger partial charge in [-0.15, -0.1) is 0 Å². The predicted molar refractivity (Wildman–Crippen MR) is 30.3 cm³/mol. The number of hydrogen-bond acceptors (Lipinski definition) is 2. The fourth-order valence-corrected chi connectivity index (χ4v) is 0.560. The third-order valence-corrected chi connectivity index (χ3v) is 1.20. The lowest BCUT2D eigenvalue weighted by Gasteiger charge is -2.16. The van der Waals surface area contributed by atoms with E-state index in [1.54, 1.807) is 0 Å². The van der Waals surface area contributed by atoms with E-state index in [9.17, 15) is 13.2 Å². The van der Waals surface area contributed by atoms with E-state index in [0.29, 0.717) is 0 Å². The molecule has 10 heavy (non-hydrogen) atoms. The van der Waals surface area contributed by atoms with Crippen molar-refractivity contribution in [3.63, 3.8) is 0 Å². The van der Waals surface area contributed by atoms with Crippen molar-refractivity contribution in [2.75, 3.05) is 13.2 Å². The molecule has 0 aromatic heterocycles. The Bertz CT molecular complexity index is 93.4. The van der Waals surface area contributed by atoms with Gasteiger partial charge in [0.05, 0.1) is 12.5 Å². The second-order valence-corrected chi connectivity index (χ2v) is 2.00. The summed E-state index contributed by atoms with van der Waals surface area (Å²) in [6, 6.07) is 0. The fourth-order valence-electron chi connectivity index (χ4n) is 0.560. The summed E-state index contributed by atoms with van der Waals surface area (Å²) in [5.41, 5.74) is 4.89. The van der Waals surface area contributed by atoms with Gasteiger partial charge in [-0.1, -0.05) is 0 Å². The molecule has 0 aliphatic heterocycles. The van der Waals surface area contributed by atoms with Crippen LogP contribution in [0, 0.1) is 5.92 Å². The summed E-state index contributed by atoms with van der Waals surface area (Å²) in [6.07, 6.45) is -4.52. The molecule has 3 N–H and O–H groups in total. The normalized spacial score (nSPS) is 15.3. The van der Waals surface area contributed by atoms with Crippen LogP contribution >= 0.6 is 0 Å². The predicted octanol–water partition coefficient (Wildman–Crippen LogP) is 0.506. The molecule has 0 spiro atoms. The molecule has 2 nitrogen and oxygen atoms in total. The van der Waals surface area contributed by atoms with Crippen LogP contribution in [0.4, 0.5) is 13.2 Å². The van der Waals surface area contributed by atoms with E-state index in [4.69, 9.17) is 10.8 Å². The van der Waals surface area contributed by atoms with Crippen LogP contribution in [-0.2, 0) is 0 Å². The summed E-state index contributed by atoms with van der Waals surface area (Å²) in [5.74, 6) is -1.66. The number of hydrogen-bond donors (Lipinski definition) is 2. The minimum absolute atomic E-state index is 0.0509. The number of nitrogens with two attached hydrogens (primary N) is 1. The zero-order valence-corrected chi connectivity index (χ0v) is 5.36. The summed E-state index contributed by atoms with van der Waals surface area (Å²) >= 11 is 0. The maximum Gasteiger partial charge on any atom is 0.394 e. The fraction of sp³-hybridized carbons (Fsp3) is 1.00. The number of aliphatic hydroxyl groups excluding tert-OH is 1. The molecule has 0 aromatic carbocycles. The van der Waals surface area contributed by atoms with E-state index in [1.807, 2.05) is 0 Å². The van der Waals surface area contributed by atoms with Gasteiger partial charge < -0.3 is 10.8 Å². The lowest BCUT2D eigenvalue weighted by Crippen LogP contribution is -2.28. The van der Waals surface area contributed by atoms with Crippen LogP contribution in [-0.4, -0.2) is 24.4 Å². The Balaban J connectivity index is 3.81. The Labute approximate surface area is 56.8 Å². The third kappa shape index (κ3) is 3.03. The average Bonchev–Trinajstić information content (AvgIpc) is 1.80. The van der Waals surface area contributed by atoms with Crippen LogP contribution in [0.1, 0.15) is 6.42 Å². The second kappa shape index (κ2) is 3.78. The van der Waals surface area contributed by atoms with Gasteiger partial charge in [0, 0.05) is 0 Å². The SMILES string of the molecule is NCCC(CO)C(F)(F)F. The first-order valence-corrected chi connectivity index (χ1v) is 2.90. The number of halogens is 3. The molecule has 5 heteroatoms. The van der Waals surface area contributed by atoms with Gasteiger partial charge in [0.1, 0.15) is 0 Å². The number of alkyl halides is 3. The minimum Gasteiger partial charge on any atom is -0.396 e. The Hall–Kier alpha value is -0.290. The highest BCUT2D eigenvalue weighted by molar-refractivity contribution is 4.66. The first kappa shape index (κ1) is 9.71. The molecule has 0 heterocycles. The molecular weight excluding hydrogens is 147 g/mol. The second-order valence-electron chi connectivity index (χ2n) is 2.00. The number of aliphatic hydroxyl groups is 1. The number of rotatable bonds is 3.